The second-order valence-electron chi connectivity index (χ2n) is 7.18. The zero-order chi connectivity index (χ0) is 20.1. The summed E-state index contributed by atoms with van der Waals surface area (Å²) in [5, 5.41) is 3.08. The molecule has 0 saturated carbocycles. The maximum atomic E-state index is 12.6. The Hall–Kier alpha value is -3.08. The van der Waals surface area contributed by atoms with Gasteiger partial charge >= 0.3 is 0 Å². The van der Waals surface area contributed by atoms with Crippen molar-refractivity contribution in [2.45, 2.75) is 39.8 Å². The topological polar surface area (TPSA) is 50.2 Å². The van der Waals surface area contributed by atoms with Crippen LogP contribution in [0.2, 0.25) is 0 Å². The summed E-state index contributed by atoms with van der Waals surface area (Å²) in [6.07, 6.45) is 5.43. The van der Waals surface area contributed by atoms with E-state index in [-0.39, 0.29) is 11.9 Å². The highest BCUT2D eigenvalue weighted by molar-refractivity contribution is 5.94. The normalized spacial score (nSPS) is 12.0. The van der Waals surface area contributed by atoms with Gasteiger partial charge in [-0.05, 0) is 69.7 Å². The molecule has 0 radical (unpaired) electrons. The number of hydrogen-bond donors (Lipinski definition) is 1. The average molecular weight is 377 g/mol. The molecule has 146 valence electrons. The standard InChI is InChI=1S/C23H28N4O/c1-5-27(17(2)3)22-12-8-20(9-13-22)23(28)25-18(4)19-6-10-21(11-7-19)26-15-14-24-16-26/h6-18H,5H2,1-4H3,(H,25,28). The molecule has 3 rings (SSSR count). The summed E-state index contributed by atoms with van der Waals surface area (Å²) in [6.45, 7) is 9.42. The summed E-state index contributed by atoms with van der Waals surface area (Å²) < 4.78 is 1.95. The van der Waals surface area contributed by atoms with Gasteiger partial charge in [-0.1, -0.05) is 12.1 Å². The minimum absolute atomic E-state index is 0.0645. The van der Waals surface area contributed by atoms with Crippen LogP contribution in [0.4, 0.5) is 5.69 Å². The molecule has 1 heterocycles. The van der Waals surface area contributed by atoms with E-state index in [9.17, 15) is 4.79 Å². The van der Waals surface area contributed by atoms with Gasteiger partial charge in [-0.2, -0.15) is 0 Å². The first-order valence-electron chi connectivity index (χ1n) is 9.75. The van der Waals surface area contributed by atoms with Crippen LogP contribution in [0.3, 0.4) is 0 Å². The summed E-state index contributed by atoms with van der Waals surface area (Å²) in [7, 11) is 0. The number of amides is 1. The lowest BCUT2D eigenvalue weighted by molar-refractivity contribution is 0.0940. The summed E-state index contributed by atoms with van der Waals surface area (Å²) in [5.41, 5.74) is 3.91. The highest BCUT2D eigenvalue weighted by Gasteiger charge is 2.13. The molecule has 0 bridgehead atoms. The maximum absolute atomic E-state index is 12.6. The third kappa shape index (κ3) is 4.42. The van der Waals surface area contributed by atoms with Gasteiger partial charge < -0.3 is 14.8 Å². The molecule has 1 amide bonds. The van der Waals surface area contributed by atoms with Gasteiger partial charge in [0.2, 0.25) is 0 Å². The first-order valence-corrected chi connectivity index (χ1v) is 9.75. The lowest BCUT2D eigenvalue weighted by Gasteiger charge is -2.27. The SMILES string of the molecule is CCN(c1ccc(C(=O)NC(C)c2ccc(-n3ccnc3)cc2)cc1)C(C)C. The predicted molar refractivity (Wildman–Crippen MR) is 114 cm³/mol. The molecule has 5 nitrogen and oxygen atoms in total. The Balaban J connectivity index is 1.65. The Morgan fingerprint density at radius 1 is 1.07 bits per heavy atom. The van der Waals surface area contributed by atoms with Crippen molar-refractivity contribution < 1.29 is 4.79 Å². The van der Waals surface area contributed by atoms with Gasteiger partial charge in [0.1, 0.15) is 0 Å². The van der Waals surface area contributed by atoms with Gasteiger partial charge in [0.25, 0.3) is 5.91 Å². The van der Waals surface area contributed by atoms with Crippen LogP contribution < -0.4 is 10.2 Å². The van der Waals surface area contributed by atoms with E-state index in [1.54, 1.807) is 12.5 Å². The molecule has 3 aromatic rings. The molecule has 0 aliphatic carbocycles. The monoisotopic (exact) mass is 376 g/mol. The minimum Gasteiger partial charge on any atom is -0.369 e. The van der Waals surface area contributed by atoms with Crippen LogP contribution >= 0.6 is 0 Å². The van der Waals surface area contributed by atoms with Crippen LogP contribution in [-0.2, 0) is 0 Å². The van der Waals surface area contributed by atoms with Gasteiger partial charge in [0.05, 0.1) is 12.4 Å². The summed E-state index contributed by atoms with van der Waals surface area (Å²) >= 11 is 0. The number of aromatic nitrogens is 2. The summed E-state index contributed by atoms with van der Waals surface area (Å²) in [4.78, 5) is 19.0. The van der Waals surface area contributed by atoms with Crippen molar-refractivity contribution in [1.29, 1.82) is 0 Å². The zero-order valence-corrected chi connectivity index (χ0v) is 17.0. The zero-order valence-electron chi connectivity index (χ0n) is 17.0. The van der Waals surface area contributed by atoms with Gasteiger partial charge in [-0.3, -0.25) is 4.79 Å². The summed E-state index contributed by atoms with van der Waals surface area (Å²) in [5.74, 6) is -0.0645. The van der Waals surface area contributed by atoms with Crippen molar-refractivity contribution >= 4 is 11.6 Å². The van der Waals surface area contributed by atoms with E-state index in [0.29, 0.717) is 11.6 Å². The van der Waals surface area contributed by atoms with Gasteiger partial charge in [0.15, 0.2) is 0 Å². The lowest BCUT2D eigenvalue weighted by Crippen LogP contribution is -2.30. The fourth-order valence-corrected chi connectivity index (χ4v) is 3.36. The number of imidazole rings is 1. The van der Waals surface area contributed by atoms with Gasteiger partial charge in [0, 0.05) is 41.9 Å². The molecular formula is C23H28N4O. The lowest BCUT2D eigenvalue weighted by atomic mass is 10.1. The molecule has 1 N–H and O–H groups in total. The van der Waals surface area contributed by atoms with Crippen molar-refractivity contribution in [1.82, 2.24) is 14.9 Å². The molecule has 1 unspecified atom stereocenters. The highest BCUT2D eigenvalue weighted by Crippen LogP contribution is 2.19. The second kappa shape index (κ2) is 8.74. The Morgan fingerprint density at radius 2 is 1.75 bits per heavy atom. The third-order valence-electron chi connectivity index (χ3n) is 4.97. The number of rotatable bonds is 7. The molecule has 1 atom stereocenters. The van der Waals surface area contributed by atoms with E-state index in [0.717, 1.165) is 23.5 Å². The van der Waals surface area contributed by atoms with E-state index in [1.165, 1.54) is 0 Å². The molecule has 0 aliphatic rings. The molecule has 0 fully saturated rings. The van der Waals surface area contributed by atoms with Crippen LogP contribution in [0.25, 0.3) is 5.69 Å². The highest BCUT2D eigenvalue weighted by atomic mass is 16.1. The van der Waals surface area contributed by atoms with Crippen molar-refractivity contribution in [3.8, 4) is 5.69 Å². The summed E-state index contributed by atoms with van der Waals surface area (Å²) in [6, 6.07) is 16.3. The number of nitrogens with one attached hydrogen (secondary N) is 1. The third-order valence-corrected chi connectivity index (χ3v) is 4.97. The second-order valence-corrected chi connectivity index (χ2v) is 7.18. The van der Waals surface area contributed by atoms with Crippen LogP contribution in [0.5, 0.6) is 0 Å². The minimum atomic E-state index is -0.0770. The number of hydrogen-bond acceptors (Lipinski definition) is 3. The first kappa shape index (κ1) is 19.7. The smallest absolute Gasteiger partial charge is 0.251 e. The number of carbonyl (C=O) groups is 1. The molecule has 0 spiro atoms. The largest absolute Gasteiger partial charge is 0.369 e. The Bertz CT molecular complexity index is 883. The molecule has 0 aliphatic heterocycles. The Labute approximate surface area is 167 Å². The first-order chi connectivity index (χ1) is 13.5. The quantitative estimate of drug-likeness (QED) is 0.656. The molecule has 2 aromatic carbocycles. The van der Waals surface area contributed by atoms with Crippen LogP contribution in [0.1, 0.15) is 49.7 Å². The van der Waals surface area contributed by atoms with Gasteiger partial charge in [-0.25, -0.2) is 4.98 Å². The maximum Gasteiger partial charge on any atom is 0.251 e. The van der Waals surface area contributed by atoms with Crippen LogP contribution in [0, 0.1) is 0 Å². The molecule has 0 saturated heterocycles. The average Bonchev–Trinajstić information content (AvgIpc) is 3.23. The fraction of sp³-hybridized carbons (Fsp3) is 0.304. The van der Waals surface area contributed by atoms with E-state index < -0.39 is 0 Å². The Morgan fingerprint density at radius 3 is 2.29 bits per heavy atom. The van der Waals surface area contributed by atoms with Crippen LogP contribution in [-0.4, -0.2) is 28.0 Å². The number of benzene rings is 2. The van der Waals surface area contributed by atoms with E-state index in [4.69, 9.17) is 0 Å². The molecule has 28 heavy (non-hydrogen) atoms. The van der Waals surface area contributed by atoms with Crippen molar-refractivity contribution in [3.05, 3.63) is 78.4 Å². The molecule has 1 aromatic heterocycles. The van der Waals surface area contributed by atoms with E-state index >= 15 is 0 Å². The number of nitrogens with zero attached hydrogens (tertiary/aromatic N) is 3. The van der Waals surface area contributed by atoms with Gasteiger partial charge in [-0.15, -0.1) is 0 Å². The molecule has 5 heteroatoms. The Kier molecular flexibility index (Phi) is 6.14. The molecular weight excluding hydrogens is 348 g/mol. The van der Waals surface area contributed by atoms with Crippen molar-refractivity contribution in [3.63, 3.8) is 0 Å². The number of carbonyl (C=O) groups excluding carboxylic acids is 1. The van der Waals surface area contributed by atoms with E-state index in [1.807, 2.05) is 66.2 Å². The van der Waals surface area contributed by atoms with Crippen LogP contribution in [0.15, 0.2) is 67.3 Å². The fourth-order valence-electron chi connectivity index (χ4n) is 3.36. The number of anilines is 1. The van der Waals surface area contributed by atoms with Crippen molar-refractivity contribution in [2.75, 3.05) is 11.4 Å². The van der Waals surface area contributed by atoms with Crippen molar-refractivity contribution in [2.24, 2.45) is 0 Å². The predicted octanol–water partition coefficient (Wildman–Crippen LogP) is 4.60. The van der Waals surface area contributed by atoms with E-state index in [2.05, 4.69) is 36.0 Å².